The average molecular weight is 183 g/mol. The van der Waals surface area contributed by atoms with Gasteiger partial charge in [0.25, 0.3) is 0 Å². The smallest absolute Gasteiger partial charge is 0.107 e. The zero-order chi connectivity index (χ0) is 8.55. The Hall–Kier alpha value is -0.380. The third-order valence-electron chi connectivity index (χ3n) is 2.19. The Balaban J connectivity index is 2.31. The largest absolute Gasteiger partial charge is 0.371 e. The number of rotatable bonds is 1. The van der Waals surface area contributed by atoms with Gasteiger partial charge in [0.05, 0.1) is 6.61 Å². The SMILES string of the molecule is C[C@@H](N)[C@@H]1OCCc2ccsc21. The molecule has 0 saturated carbocycles. The lowest BCUT2D eigenvalue weighted by atomic mass is 10.0. The van der Waals surface area contributed by atoms with Crippen LogP contribution in [0.4, 0.5) is 0 Å². The zero-order valence-electron chi connectivity index (χ0n) is 7.12. The Morgan fingerprint density at radius 3 is 3.33 bits per heavy atom. The molecule has 0 aliphatic carbocycles. The van der Waals surface area contributed by atoms with E-state index < -0.39 is 0 Å². The van der Waals surface area contributed by atoms with Crippen LogP contribution in [0.2, 0.25) is 0 Å². The molecule has 0 fully saturated rings. The van der Waals surface area contributed by atoms with Crippen molar-refractivity contribution in [3.8, 4) is 0 Å². The molecule has 2 nitrogen and oxygen atoms in total. The van der Waals surface area contributed by atoms with Gasteiger partial charge in [-0.3, -0.25) is 0 Å². The molecule has 0 unspecified atom stereocenters. The zero-order valence-corrected chi connectivity index (χ0v) is 7.93. The molecular formula is C9H13NOS. The van der Waals surface area contributed by atoms with Crippen LogP contribution in [-0.2, 0) is 11.2 Å². The summed E-state index contributed by atoms with van der Waals surface area (Å²) >= 11 is 1.76. The van der Waals surface area contributed by atoms with Crippen LogP contribution in [0.15, 0.2) is 11.4 Å². The quantitative estimate of drug-likeness (QED) is 0.719. The second-order valence-corrected chi connectivity index (χ2v) is 4.16. The lowest BCUT2D eigenvalue weighted by Crippen LogP contribution is -2.30. The Bertz CT molecular complexity index is 269. The van der Waals surface area contributed by atoms with Crippen molar-refractivity contribution in [3.05, 3.63) is 21.9 Å². The molecule has 2 atom stereocenters. The molecule has 0 radical (unpaired) electrons. The normalized spacial score (nSPS) is 25.0. The van der Waals surface area contributed by atoms with Crippen molar-refractivity contribution in [3.63, 3.8) is 0 Å². The predicted octanol–water partition coefficient (Wildman–Crippen LogP) is 1.71. The van der Waals surface area contributed by atoms with Gasteiger partial charge in [0, 0.05) is 10.9 Å². The standard InChI is InChI=1S/C9H13NOS/c1-6(10)8-9-7(2-4-11-8)3-5-12-9/h3,5-6,8H,2,4,10H2,1H3/t6-,8+/m1/s1. The van der Waals surface area contributed by atoms with Gasteiger partial charge < -0.3 is 10.5 Å². The van der Waals surface area contributed by atoms with Crippen molar-refractivity contribution in [1.82, 2.24) is 0 Å². The number of fused-ring (bicyclic) bond motifs is 1. The van der Waals surface area contributed by atoms with E-state index in [0.29, 0.717) is 0 Å². The number of nitrogens with two attached hydrogens (primary N) is 1. The highest BCUT2D eigenvalue weighted by molar-refractivity contribution is 7.10. The van der Waals surface area contributed by atoms with E-state index in [1.165, 1.54) is 10.4 Å². The van der Waals surface area contributed by atoms with Gasteiger partial charge in [-0.05, 0) is 30.4 Å². The molecule has 0 amide bonds. The molecule has 66 valence electrons. The van der Waals surface area contributed by atoms with E-state index in [4.69, 9.17) is 10.5 Å². The molecular weight excluding hydrogens is 170 g/mol. The summed E-state index contributed by atoms with van der Waals surface area (Å²) in [5.74, 6) is 0. The molecule has 0 bridgehead atoms. The van der Waals surface area contributed by atoms with Crippen molar-refractivity contribution in [2.24, 2.45) is 5.73 Å². The molecule has 0 spiro atoms. The molecule has 1 aliphatic rings. The summed E-state index contributed by atoms with van der Waals surface area (Å²) in [7, 11) is 0. The van der Waals surface area contributed by atoms with E-state index in [1.807, 2.05) is 6.92 Å². The lowest BCUT2D eigenvalue weighted by molar-refractivity contribution is 0.0315. The second-order valence-electron chi connectivity index (χ2n) is 3.21. The number of hydrogen-bond donors (Lipinski definition) is 1. The van der Waals surface area contributed by atoms with Gasteiger partial charge in [0.15, 0.2) is 0 Å². The van der Waals surface area contributed by atoms with E-state index >= 15 is 0 Å². The first-order valence-corrected chi connectivity index (χ1v) is 5.10. The molecule has 2 heterocycles. The van der Waals surface area contributed by atoms with E-state index in [1.54, 1.807) is 11.3 Å². The molecule has 0 saturated heterocycles. The topological polar surface area (TPSA) is 35.2 Å². The van der Waals surface area contributed by atoms with Gasteiger partial charge in [-0.25, -0.2) is 0 Å². The molecule has 1 aliphatic heterocycles. The van der Waals surface area contributed by atoms with Gasteiger partial charge in [-0.15, -0.1) is 11.3 Å². The van der Waals surface area contributed by atoms with E-state index in [-0.39, 0.29) is 12.1 Å². The number of ether oxygens (including phenoxy) is 1. The fourth-order valence-corrected chi connectivity index (χ4v) is 2.68. The third-order valence-corrected chi connectivity index (χ3v) is 3.21. The minimum atomic E-state index is 0.0997. The summed E-state index contributed by atoms with van der Waals surface area (Å²) in [6.07, 6.45) is 1.18. The summed E-state index contributed by atoms with van der Waals surface area (Å²) in [5.41, 5.74) is 7.25. The molecule has 1 aromatic rings. The Kier molecular flexibility index (Phi) is 2.17. The van der Waals surface area contributed by atoms with Crippen LogP contribution in [0.5, 0.6) is 0 Å². The fourth-order valence-electron chi connectivity index (χ4n) is 1.57. The van der Waals surface area contributed by atoms with Crippen molar-refractivity contribution in [2.75, 3.05) is 6.61 Å². The molecule has 3 heteroatoms. The Morgan fingerprint density at radius 1 is 1.75 bits per heavy atom. The van der Waals surface area contributed by atoms with Crippen LogP contribution in [0.25, 0.3) is 0 Å². The maximum Gasteiger partial charge on any atom is 0.107 e. The van der Waals surface area contributed by atoms with E-state index in [0.717, 1.165) is 13.0 Å². The first kappa shape index (κ1) is 8.23. The van der Waals surface area contributed by atoms with Gasteiger partial charge in [0.1, 0.15) is 6.10 Å². The van der Waals surface area contributed by atoms with Gasteiger partial charge in [0.2, 0.25) is 0 Å². The minimum absolute atomic E-state index is 0.0997. The number of hydrogen-bond acceptors (Lipinski definition) is 3. The Labute approximate surface area is 76.3 Å². The van der Waals surface area contributed by atoms with Crippen molar-refractivity contribution in [2.45, 2.75) is 25.5 Å². The van der Waals surface area contributed by atoms with Crippen LogP contribution in [0.1, 0.15) is 23.5 Å². The number of thiophene rings is 1. The molecule has 12 heavy (non-hydrogen) atoms. The maximum atomic E-state index is 5.82. The lowest BCUT2D eigenvalue weighted by Gasteiger charge is -2.25. The monoisotopic (exact) mass is 183 g/mol. The summed E-state index contributed by atoms with van der Waals surface area (Å²) in [6, 6.07) is 2.28. The molecule has 1 aromatic heterocycles. The first-order valence-electron chi connectivity index (χ1n) is 4.22. The molecule has 2 rings (SSSR count). The molecule has 0 aromatic carbocycles. The second kappa shape index (κ2) is 3.17. The van der Waals surface area contributed by atoms with E-state index in [9.17, 15) is 0 Å². The predicted molar refractivity (Wildman–Crippen MR) is 50.4 cm³/mol. The highest BCUT2D eigenvalue weighted by Gasteiger charge is 2.24. The van der Waals surface area contributed by atoms with Crippen LogP contribution in [0, 0.1) is 0 Å². The summed E-state index contributed by atoms with van der Waals surface area (Å²) in [4.78, 5) is 1.33. The van der Waals surface area contributed by atoms with E-state index in [2.05, 4.69) is 11.4 Å². The average Bonchev–Trinajstić information content (AvgIpc) is 2.49. The summed E-state index contributed by atoms with van der Waals surface area (Å²) < 4.78 is 5.61. The highest BCUT2D eigenvalue weighted by atomic mass is 32.1. The van der Waals surface area contributed by atoms with Crippen LogP contribution >= 0.6 is 11.3 Å². The van der Waals surface area contributed by atoms with Crippen molar-refractivity contribution >= 4 is 11.3 Å². The minimum Gasteiger partial charge on any atom is -0.371 e. The van der Waals surface area contributed by atoms with Gasteiger partial charge in [-0.2, -0.15) is 0 Å². The van der Waals surface area contributed by atoms with Crippen molar-refractivity contribution < 1.29 is 4.74 Å². The van der Waals surface area contributed by atoms with Gasteiger partial charge in [-0.1, -0.05) is 0 Å². The van der Waals surface area contributed by atoms with Gasteiger partial charge >= 0.3 is 0 Å². The van der Waals surface area contributed by atoms with Crippen molar-refractivity contribution in [1.29, 1.82) is 0 Å². The first-order chi connectivity index (χ1) is 5.79. The summed E-state index contributed by atoms with van der Waals surface area (Å²) in [5, 5.41) is 2.12. The van der Waals surface area contributed by atoms with Crippen LogP contribution in [-0.4, -0.2) is 12.6 Å². The summed E-state index contributed by atoms with van der Waals surface area (Å²) in [6.45, 7) is 2.81. The maximum absolute atomic E-state index is 5.82. The highest BCUT2D eigenvalue weighted by Crippen LogP contribution is 2.32. The van der Waals surface area contributed by atoms with Crippen LogP contribution in [0.3, 0.4) is 0 Å². The third kappa shape index (κ3) is 1.28. The molecule has 2 N–H and O–H groups in total. The van der Waals surface area contributed by atoms with Crippen LogP contribution < -0.4 is 5.73 Å². The fraction of sp³-hybridized carbons (Fsp3) is 0.556. The Morgan fingerprint density at radius 2 is 2.58 bits per heavy atom.